The molecule has 0 aliphatic carbocycles. The Balaban J connectivity index is 1.91. The fourth-order valence-corrected chi connectivity index (χ4v) is 1.58. The minimum Gasteiger partial charge on any atom is -0.453 e. The Morgan fingerprint density at radius 3 is 2.95 bits per heavy atom. The van der Waals surface area contributed by atoms with E-state index in [2.05, 4.69) is 15.3 Å². The number of nitrogens with one attached hydrogen (secondary N) is 1. The lowest BCUT2D eigenvalue weighted by Crippen LogP contribution is -2.20. The van der Waals surface area contributed by atoms with Crippen LogP contribution >= 0.6 is 11.6 Å². The van der Waals surface area contributed by atoms with Crippen molar-refractivity contribution in [3.63, 3.8) is 0 Å². The smallest absolute Gasteiger partial charge is 0.317 e. The third-order valence-corrected chi connectivity index (χ3v) is 2.60. The molecule has 20 heavy (non-hydrogen) atoms. The monoisotopic (exact) mass is 295 g/mol. The Bertz CT molecular complexity index is 637. The summed E-state index contributed by atoms with van der Waals surface area (Å²) in [7, 11) is 0. The summed E-state index contributed by atoms with van der Waals surface area (Å²) in [5.41, 5.74) is 1.12. The van der Waals surface area contributed by atoms with E-state index in [1.54, 1.807) is 13.0 Å². The Labute approximate surface area is 119 Å². The predicted molar refractivity (Wildman–Crippen MR) is 72.3 cm³/mol. The average Bonchev–Trinajstić information content (AvgIpc) is 2.41. The van der Waals surface area contributed by atoms with Gasteiger partial charge in [0, 0.05) is 17.6 Å². The second-order valence-corrected chi connectivity index (χ2v) is 4.35. The summed E-state index contributed by atoms with van der Waals surface area (Å²) in [6, 6.07) is 5.73. The van der Waals surface area contributed by atoms with Crippen molar-refractivity contribution in [2.24, 2.45) is 0 Å². The summed E-state index contributed by atoms with van der Waals surface area (Å²) >= 11 is 5.61. The molecule has 0 fully saturated rings. The van der Waals surface area contributed by atoms with E-state index in [-0.39, 0.29) is 17.6 Å². The van der Waals surface area contributed by atoms with Crippen LogP contribution in [0.2, 0.25) is 5.02 Å². The number of aryl methyl sites for hydroxylation is 1. The quantitative estimate of drug-likeness (QED) is 0.941. The van der Waals surface area contributed by atoms with Gasteiger partial charge in [-0.3, -0.25) is 4.79 Å². The van der Waals surface area contributed by atoms with Crippen molar-refractivity contribution < 1.29 is 13.9 Å². The zero-order valence-electron chi connectivity index (χ0n) is 10.6. The van der Waals surface area contributed by atoms with Crippen molar-refractivity contribution in [2.75, 3.05) is 11.9 Å². The first kappa shape index (κ1) is 14.2. The van der Waals surface area contributed by atoms with Gasteiger partial charge in [-0.1, -0.05) is 11.6 Å². The molecule has 0 bridgehead atoms. The van der Waals surface area contributed by atoms with Gasteiger partial charge in [-0.25, -0.2) is 14.4 Å². The lowest BCUT2D eigenvalue weighted by molar-refractivity contribution is -0.118. The predicted octanol–water partition coefficient (Wildman–Crippen LogP) is 2.60. The minimum atomic E-state index is -0.547. The first-order valence-corrected chi connectivity index (χ1v) is 6.10. The van der Waals surface area contributed by atoms with Crippen molar-refractivity contribution in [2.45, 2.75) is 6.92 Å². The second-order valence-electron chi connectivity index (χ2n) is 3.95. The number of carbonyl (C=O) groups is 1. The van der Waals surface area contributed by atoms with E-state index >= 15 is 0 Å². The summed E-state index contributed by atoms with van der Waals surface area (Å²) in [5.74, 6) is -0.966. The number of nitrogens with zero attached hydrogens (tertiary/aromatic N) is 2. The van der Waals surface area contributed by atoms with Crippen LogP contribution in [0.1, 0.15) is 5.69 Å². The first-order valence-electron chi connectivity index (χ1n) is 5.72. The summed E-state index contributed by atoms with van der Waals surface area (Å²) in [6.07, 6.45) is 1.54. The molecular weight excluding hydrogens is 285 g/mol. The highest BCUT2D eigenvalue weighted by Crippen LogP contribution is 2.19. The van der Waals surface area contributed by atoms with Crippen LogP contribution < -0.4 is 10.1 Å². The van der Waals surface area contributed by atoms with Crippen molar-refractivity contribution in [1.29, 1.82) is 0 Å². The Morgan fingerprint density at radius 2 is 2.25 bits per heavy atom. The molecule has 2 aromatic rings. The molecule has 5 nitrogen and oxygen atoms in total. The molecule has 1 heterocycles. The maximum atomic E-state index is 13.0. The molecule has 0 saturated carbocycles. The molecular formula is C13H11ClFN3O2. The SMILES string of the molecule is Cc1ccnc(OCC(=O)Nc2ccc(F)c(Cl)c2)n1. The van der Waals surface area contributed by atoms with E-state index in [1.807, 2.05) is 0 Å². The largest absolute Gasteiger partial charge is 0.453 e. The average molecular weight is 296 g/mol. The van der Waals surface area contributed by atoms with Crippen molar-refractivity contribution in [1.82, 2.24) is 9.97 Å². The molecule has 0 atom stereocenters. The highest BCUT2D eigenvalue weighted by Gasteiger charge is 2.07. The van der Waals surface area contributed by atoms with Crippen LogP contribution in [0.5, 0.6) is 6.01 Å². The molecule has 1 N–H and O–H groups in total. The van der Waals surface area contributed by atoms with Gasteiger partial charge in [0.05, 0.1) is 5.02 Å². The number of amides is 1. The third kappa shape index (κ3) is 3.89. The normalized spacial score (nSPS) is 10.2. The van der Waals surface area contributed by atoms with Gasteiger partial charge >= 0.3 is 6.01 Å². The molecule has 0 saturated heterocycles. The van der Waals surface area contributed by atoms with Crippen molar-refractivity contribution in [3.05, 3.63) is 47.0 Å². The number of halogens is 2. The number of carbonyl (C=O) groups excluding carboxylic acids is 1. The van der Waals surface area contributed by atoms with Crippen molar-refractivity contribution >= 4 is 23.2 Å². The number of benzene rings is 1. The summed E-state index contributed by atoms with van der Waals surface area (Å²) in [6.45, 7) is 1.54. The van der Waals surface area contributed by atoms with E-state index in [1.165, 1.54) is 24.4 Å². The minimum absolute atomic E-state index is 0.0641. The lowest BCUT2D eigenvalue weighted by atomic mass is 10.3. The van der Waals surface area contributed by atoms with Crippen LogP contribution in [0.15, 0.2) is 30.5 Å². The number of hydrogen-bond donors (Lipinski definition) is 1. The zero-order valence-corrected chi connectivity index (χ0v) is 11.3. The highest BCUT2D eigenvalue weighted by molar-refractivity contribution is 6.31. The number of aromatic nitrogens is 2. The Hall–Kier alpha value is -2.21. The number of rotatable bonds is 4. The van der Waals surface area contributed by atoms with Gasteiger partial charge in [0.2, 0.25) is 0 Å². The van der Waals surface area contributed by atoms with Gasteiger partial charge in [-0.05, 0) is 31.2 Å². The Kier molecular flexibility index (Phi) is 4.47. The maximum Gasteiger partial charge on any atom is 0.317 e. The molecule has 0 aliphatic heterocycles. The van der Waals surface area contributed by atoms with Crippen molar-refractivity contribution in [3.8, 4) is 6.01 Å². The highest BCUT2D eigenvalue weighted by atomic mass is 35.5. The summed E-state index contributed by atoms with van der Waals surface area (Å²) < 4.78 is 18.1. The third-order valence-electron chi connectivity index (χ3n) is 2.31. The van der Waals surface area contributed by atoms with Crippen LogP contribution in [0.25, 0.3) is 0 Å². The maximum absolute atomic E-state index is 13.0. The molecule has 2 rings (SSSR count). The van der Waals surface area contributed by atoms with Gasteiger partial charge in [0.15, 0.2) is 6.61 Å². The fourth-order valence-electron chi connectivity index (χ4n) is 1.40. The van der Waals surface area contributed by atoms with Crippen LogP contribution in [0.4, 0.5) is 10.1 Å². The molecule has 0 aliphatic rings. The Morgan fingerprint density at radius 1 is 1.45 bits per heavy atom. The van der Waals surface area contributed by atoms with Crippen LogP contribution in [-0.2, 0) is 4.79 Å². The molecule has 1 aromatic heterocycles. The van der Waals surface area contributed by atoms with E-state index in [0.717, 1.165) is 5.69 Å². The van der Waals surface area contributed by atoms with Crippen LogP contribution in [0, 0.1) is 12.7 Å². The molecule has 7 heteroatoms. The van der Waals surface area contributed by atoms with Gasteiger partial charge in [0.1, 0.15) is 5.82 Å². The number of hydrogen-bond acceptors (Lipinski definition) is 4. The summed E-state index contributed by atoms with van der Waals surface area (Å²) in [4.78, 5) is 19.5. The molecule has 1 aromatic carbocycles. The number of ether oxygens (including phenoxy) is 1. The molecule has 0 spiro atoms. The summed E-state index contributed by atoms with van der Waals surface area (Å²) in [5, 5.41) is 2.46. The van der Waals surface area contributed by atoms with Gasteiger partial charge in [-0.2, -0.15) is 0 Å². The number of anilines is 1. The second kappa shape index (κ2) is 6.29. The molecule has 104 valence electrons. The molecule has 1 amide bonds. The fraction of sp³-hybridized carbons (Fsp3) is 0.154. The molecule has 0 radical (unpaired) electrons. The van der Waals surface area contributed by atoms with E-state index in [9.17, 15) is 9.18 Å². The zero-order chi connectivity index (χ0) is 14.5. The molecule has 0 unspecified atom stereocenters. The van der Waals surface area contributed by atoms with Gasteiger partial charge in [0.25, 0.3) is 5.91 Å². The standard InChI is InChI=1S/C13H11ClFN3O2/c1-8-4-5-16-13(17-8)20-7-12(19)18-9-2-3-11(15)10(14)6-9/h2-6H,7H2,1H3,(H,18,19). The first-order chi connectivity index (χ1) is 9.54. The van der Waals surface area contributed by atoms with Gasteiger partial charge < -0.3 is 10.1 Å². The lowest BCUT2D eigenvalue weighted by Gasteiger charge is -2.07. The van der Waals surface area contributed by atoms with E-state index in [4.69, 9.17) is 16.3 Å². The van der Waals surface area contributed by atoms with E-state index < -0.39 is 11.7 Å². The van der Waals surface area contributed by atoms with Crippen LogP contribution in [0.3, 0.4) is 0 Å². The van der Waals surface area contributed by atoms with Gasteiger partial charge in [-0.15, -0.1) is 0 Å². The van der Waals surface area contributed by atoms with E-state index in [0.29, 0.717) is 5.69 Å². The topological polar surface area (TPSA) is 64.1 Å². The van der Waals surface area contributed by atoms with Crippen LogP contribution in [-0.4, -0.2) is 22.5 Å².